The van der Waals surface area contributed by atoms with E-state index in [0.29, 0.717) is 5.56 Å². The van der Waals surface area contributed by atoms with Crippen molar-refractivity contribution in [1.82, 2.24) is 20.2 Å². The van der Waals surface area contributed by atoms with Gasteiger partial charge in [0.05, 0.1) is 4.47 Å². The van der Waals surface area contributed by atoms with Crippen molar-refractivity contribution in [1.29, 1.82) is 0 Å². The van der Waals surface area contributed by atoms with Crippen molar-refractivity contribution in [2.24, 2.45) is 0 Å². The quantitative estimate of drug-likeness (QED) is 0.932. The summed E-state index contributed by atoms with van der Waals surface area (Å²) in [5.74, 6) is -1.23. The first-order valence-corrected chi connectivity index (χ1v) is 6.11. The first-order valence-electron chi connectivity index (χ1n) is 5.31. The summed E-state index contributed by atoms with van der Waals surface area (Å²) in [6, 6.07) is 4.24. The number of carboxylic acids is 1. The van der Waals surface area contributed by atoms with Gasteiger partial charge in [0, 0.05) is 5.56 Å². The smallest absolute Gasteiger partial charge is 0.331 e. The van der Waals surface area contributed by atoms with Gasteiger partial charge in [-0.05, 0) is 58.4 Å². The van der Waals surface area contributed by atoms with Gasteiger partial charge in [-0.15, -0.1) is 5.10 Å². The number of tetrazole rings is 1. The number of aliphatic carboxylic acids is 1. The first-order chi connectivity index (χ1) is 8.84. The van der Waals surface area contributed by atoms with Crippen molar-refractivity contribution in [2.75, 3.05) is 0 Å². The molecule has 0 saturated carbocycles. The topological polar surface area (TPSA) is 80.9 Å². The third-order valence-corrected chi connectivity index (χ3v) is 3.31. The van der Waals surface area contributed by atoms with Crippen LogP contribution in [0.15, 0.2) is 22.7 Å². The number of hydrogen-bond acceptors (Lipinski definition) is 4. The zero-order chi connectivity index (χ0) is 14.2. The lowest BCUT2D eigenvalue weighted by molar-refractivity contribution is -0.146. The Morgan fingerprint density at radius 2 is 2.16 bits per heavy atom. The van der Waals surface area contributed by atoms with Crippen LogP contribution < -0.4 is 0 Å². The number of hydrogen-bond donors (Lipinski definition) is 1. The maximum absolute atomic E-state index is 13.2. The standard InChI is InChI=1S/C11H10BrFN4O2/c1-11(2,10(18)19)17-9(14-15-16-17)6-3-4-8(13)7(12)5-6/h3-5H,1-2H3,(H,18,19). The van der Waals surface area contributed by atoms with Crippen LogP contribution in [0.4, 0.5) is 4.39 Å². The van der Waals surface area contributed by atoms with Gasteiger partial charge in [0.1, 0.15) is 5.82 Å². The minimum Gasteiger partial charge on any atom is -0.479 e. The number of carbonyl (C=O) groups is 1. The van der Waals surface area contributed by atoms with Gasteiger partial charge in [-0.25, -0.2) is 13.9 Å². The molecule has 1 aromatic heterocycles. The number of aromatic nitrogens is 4. The Kier molecular flexibility index (Phi) is 3.36. The fourth-order valence-corrected chi connectivity index (χ4v) is 1.85. The van der Waals surface area contributed by atoms with Crippen molar-refractivity contribution in [3.63, 3.8) is 0 Å². The maximum Gasteiger partial charge on any atom is 0.331 e. The van der Waals surface area contributed by atoms with Crippen LogP contribution in [0.25, 0.3) is 11.4 Å². The Balaban J connectivity index is 2.56. The van der Waals surface area contributed by atoms with Gasteiger partial charge < -0.3 is 5.11 Å². The van der Waals surface area contributed by atoms with Gasteiger partial charge in [-0.1, -0.05) is 0 Å². The Morgan fingerprint density at radius 3 is 2.74 bits per heavy atom. The second-order valence-corrected chi connectivity index (χ2v) is 5.26. The molecular weight excluding hydrogens is 319 g/mol. The molecule has 0 atom stereocenters. The summed E-state index contributed by atoms with van der Waals surface area (Å²) in [5.41, 5.74) is -0.785. The molecule has 1 aromatic carbocycles. The van der Waals surface area contributed by atoms with Crippen LogP contribution in [0.1, 0.15) is 13.8 Å². The lowest BCUT2D eigenvalue weighted by atomic mass is 10.1. The van der Waals surface area contributed by atoms with Crippen molar-refractivity contribution in [3.05, 3.63) is 28.5 Å². The molecule has 0 spiro atoms. The summed E-state index contributed by atoms with van der Waals surface area (Å²) < 4.78 is 14.7. The molecule has 0 fully saturated rings. The van der Waals surface area contributed by atoms with E-state index in [9.17, 15) is 14.3 Å². The summed E-state index contributed by atoms with van der Waals surface area (Å²) in [5, 5.41) is 20.2. The molecule has 8 heteroatoms. The van der Waals surface area contributed by atoms with E-state index in [0.717, 1.165) is 0 Å². The van der Waals surface area contributed by atoms with Crippen LogP contribution >= 0.6 is 15.9 Å². The molecule has 2 aromatic rings. The molecule has 0 radical (unpaired) electrons. The number of nitrogens with zero attached hydrogens (tertiary/aromatic N) is 4. The summed E-state index contributed by atoms with van der Waals surface area (Å²) in [7, 11) is 0. The molecule has 0 aliphatic heterocycles. The monoisotopic (exact) mass is 328 g/mol. The number of halogens is 2. The van der Waals surface area contributed by atoms with E-state index in [1.165, 1.54) is 36.7 Å². The van der Waals surface area contributed by atoms with Gasteiger partial charge in [0.2, 0.25) is 0 Å². The van der Waals surface area contributed by atoms with Crippen LogP contribution in [-0.4, -0.2) is 31.3 Å². The van der Waals surface area contributed by atoms with Gasteiger partial charge in [-0.3, -0.25) is 0 Å². The number of rotatable bonds is 3. The second kappa shape index (κ2) is 4.69. The molecule has 0 unspecified atom stereocenters. The van der Waals surface area contributed by atoms with Crippen molar-refractivity contribution >= 4 is 21.9 Å². The van der Waals surface area contributed by atoms with Crippen LogP contribution in [0.3, 0.4) is 0 Å². The summed E-state index contributed by atoms with van der Waals surface area (Å²) >= 11 is 3.07. The molecule has 100 valence electrons. The molecule has 0 saturated heterocycles. The van der Waals surface area contributed by atoms with E-state index in [4.69, 9.17) is 0 Å². The summed E-state index contributed by atoms with van der Waals surface area (Å²) in [6.07, 6.45) is 0. The van der Waals surface area contributed by atoms with Gasteiger partial charge in [0.25, 0.3) is 0 Å². The highest BCUT2D eigenvalue weighted by atomic mass is 79.9. The predicted octanol–water partition coefficient (Wildman–Crippen LogP) is 2.06. The second-order valence-electron chi connectivity index (χ2n) is 4.41. The molecule has 0 amide bonds. The van der Waals surface area contributed by atoms with Crippen LogP contribution in [0, 0.1) is 5.82 Å². The number of benzene rings is 1. The highest BCUT2D eigenvalue weighted by Crippen LogP contribution is 2.26. The Hall–Kier alpha value is -1.83. The van der Waals surface area contributed by atoms with Crippen LogP contribution in [0.2, 0.25) is 0 Å². The summed E-state index contributed by atoms with van der Waals surface area (Å²) in [4.78, 5) is 11.2. The minimum atomic E-state index is -1.31. The molecule has 19 heavy (non-hydrogen) atoms. The van der Waals surface area contributed by atoms with Crippen LogP contribution in [0.5, 0.6) is 0 Å². The minimum absolute atomic E-state index is 0.257. The van der Waals surface area contributed by atoms with E-state index < -0.39 is 17.3 Å². The Labute approximate surface area is 116 Å². The molecular formula is C11H10BrFN4O2. The highest BCUT2D eigenvalue weighted by Gasteiger charge is 2.33. The molecule has 1 N–H and O–H groups in total. The normalized spacial score (nSPS) is 11.6. The first kappa shape index (κ1) is 13.6. The Morgan fingerprint density at radius 1 is 1.47 bits per heavy atom. The summed E-state index contributed by atoms with van der Waals surface area (Å²) in [6.45, 7) is 2.96. The van der Waals surface area contributed by atoms with Crippen molar-refractivity contribution < 1.29 is 14.3 Å². The van der Waals surface area contributed by atoms with E-state index in [2.05, 4.69) is 31.5 Å². The lowest BCUT2D eigenvalue weighted by Gasteiger charge is -2.20. The molecule has 0 bridgehead atoms. The fraction of sp³-hybridized carbons (Fsp3) is 0.273. The van der Waals surface area contributed by atoms with Gasteiger partial charge >= 0.3 is 5.97 Å². The molecule has 6 nitrogen and oxygen atoms in total. The van der Waals surface area contributed by atoms with E-state index >= 15 is 0 Å². The largest absolute Gasteiger partial charge is 0.479 e. The Bertz CT molecular complexity index is 641. The molecule has 2 rings (SSSR count). The third kappa shape index (κ3) is 2.35. The van der Waals surface area contributed by atoms with E-state index in [-0.39, 0.29) is 10.3 Å². The zero-order valence-corrected chi connectivity index (χ0v) is 11.7. The predicted molar refractivity (Wildman–Crippen MR) is 67.9 cm³/mol. The molecule has 0 aliphatic rings. The van der Waals surface area contributed by atoms with Gasteiger partial charge in [0.15, 0.2) is 11.4 Å². The van der Waals surface area contributed by atoms with Gasteiger partial charge in [-0.2, -0.15) is 0 Å². The van der Waals surface area contributed by atoms with E-state index in [1.807, 2.05) is 0 Å². The molecule has 1 heterocycles. The average Bonchev–Trinajstić information content (AvgIpc) is 2.82. The van der Waals surface area contributed by atoms with Crippen LogP contribution in [-0.2, 0) is 10.3 Å². The lowest BCUT2D eigenvalue weighted by Crippen LogP contribution is -2.37. The fourth-order valence-electron chi connectivity index (χ4n) is 1.47. The maximum atomic E-state index is 13.2. The highest BCUT2D eigenvalue weighted by molar-refractivity contribution is 9.10. The zero-order valence-electron chi connectivity index (χ0n) is 10.1. The third-order valence-electron chi connectivity index (χ3n) is 2.70. The average molecular weight is 329 g/mol. The van der Waals surface area contributed by atoms with E-state index in [1.54, 1.807) is 0 Å². The number of carboxylic acid groups (broad SMARTS) is 1. The SMILES string of the molecule is CC(C)(C(=O)O)n1nnnc1-c1ccc(F)c(Br)c1. The van der Waals surface area contributed by atoms with Crippen molar-refractivity contribution in [3.8, 4) is 11.4 Å². The molecule has 0 aliphatic carbocycles. The van der Waals surface area contributed by atoms with Crippen molar-refractivity contribution in [2.45, 2.75) is 19.4 Å².